The highest BCUT2D eigenvalue weighted by Crippen LogP contribution is 2.17. The first kappa shape index (κ1) is 11.8. The minimum absolute atomic E-state index is 0.124. The van der Waals surface area contributed by atoms with E-state index < -0.39 is 0 Å². The van der Waals surface area contributed by atoms with Gasteiger partial charge in [-0.25, -0.2) is 9.97 Å². The minimum atomic E-state index is -0.124. The molecule has 6 nitrogen and oxygen atoms in total. The minimum Gasteiger partial charge on any atom is -0.385 e. The average molecular weight is 235 g/mol. The number of methoxy groups -OCH3 is 1. The van der Waals surface area contributed by atoms with Crippen LogP contribution in [0, 0.1) is 0 Å². The molecule has 92 valence electrons. The second kappa shape index (κ2) is 5.11. The Kier molecular flexibility index (Phi) is 3.55. The average Bonchev–Trinajstić information content (AvgIpc) is 2.72. The molecule has 0 fully saturated rings. The summed E-state index contributed by atoms with van der Waals surface area (Å²) >= 11 is 0. The number of pyridine rings is 1. The highest BCUT2D eigenvalue weighted by atomic mass is 16.5. The van der Waals surface area contributed by atoms with Gasteiger partial charge in [-0.2, -0.15) is 0 Å². The zero-order chi connectivity index (χ0) is 12.3. The summed E-state index contributed by atoms with van der Waals surface area (Å²) in [5.74, 6) is 1.21. The number of H-pyrrole nitrogens is 1. The fraction of sp³-hybridized carbons (Fsp3) is 0.455. The van der Waals surface area contributed by atoms with E-state index in [2.05, 4.69) is 15.0 Å². The molecule has 2 aromatic heterocycles. The van der Waals surface area contributed by atoms with Gasteiger partial charge in [-0.15, -0.1) is 0 Å². The number of anilines is 1. The van der Waals surface area contributed by atoms with E-state index in [1.165, 1.54) is 0 Å². The van der Waals surface area contributed by atoms with Crippen molar-refractivity contribution in [3.8, 4) is 0 Å². The van der Waals surface area contributed by atoms with E-state index in [4.69, 9.17) is 16.2 Å². The van der Waals surface area contributed by atoms with Crippen LogP contribution in [0.15, 0.2) is 12.1 Å². The molecule has 0 saturated heterocycles. The summed E-state index contributed by atoms with van der Waals surface area (Å²) in [6, 6.07) is 3.47. The first-order valence-corrected chi connectivity index (χ1v) is 5.57. The third-order valence-electron chi connectivity index (χ3n) is 2.60. The van der Waals surface area contributed by atoms with Crippen LogP contribution in [-0.4, -0.2) is 28.7 Å². The van der Waals surface area contributed by atoms with E-state index in [-0.39, 0.29) is 6.04 Å². The summed E-state index contributed by atoms with van der Waals surface area (Å²) in [5, 5.41) is 0. The normalized spacial score (nSPS) is 13.1. The van der Waals surface area contributed by atoms with Crippen molar-refractivity contribution in [3.63, 3.8) is 0 Å². The lowest BCUT2D eigenvalue weighted by Crippen LogP contribution is -2.12. The van der Waals surface area contributed by atoms with Crippen LogP contribution in [0.3, 0.4) is 0 Å². The molecule has 0 spiro atoms. The van der Waals surface area contributed by atoms with Crippen LogP contribution in [0.25, 0.3) is 11.2 Å². The van der Waals surface area contributed by atoms with Crippen LogP contribution in [0.2, 0.25) is 0 Å². The summed E-state index contributed by atoms with van der Waals surface area (Å²) in [5.41, 5.74) is 13.1. The molecule has 0 amide bonds. The fourth-order valence-electron chi connectivity index (χ4n) is 1.69. The van der Waals surface area contributed by atoms with Crippen LogP contribution < -0.4 is 11.5 Å². The molecule has 1 atom stereocenters. The van der Waals surface area contributed by atoms with E-state index in [0.717, 1.165) is 24.2 Å². The number of hydrogen-bond acceptors (Lipinski definition) is 5. The van der Waals surface area contributed by atoms with Crippen molar-refractivity contribution in [2.24, 2.45) is 5.73 Å². The lowest BCUT2D eigenvalue weighted by atomic mass is 10.1. The van der Waals surface area contributed by atoms with Crippen molar-refractivity contribution in [2.75, 3.05) is 19.5 Å². The topological polar surface area (TPSA) is 103 Å². The van der Waals surface area contributed by atoms with E-state index >= 15 is 0 Å². The summed E-state index contributed by atoms with van der Waals surface area (Å²) in [6.45, 7) is 0.707. The van der Waals surface area contributed by atoms with Gasteiger partial charge >= 0.3 is 0 Å². The van der Waals surface area contributed by atoms with Crippen molar-refractivity contribution < 1.29 is 4.74 Å². The molecule has 0 bridgehead atoms. The Morgan fingerprint density at radius 3 is 3.00 bits per heavy atom. The molecule has 5 N–H and O–H groups in total. The third-order valence-corrected chi connectivity index (χ3v) is 2.60. The van der Waals surface area contributed by atoms with Gasteiger partial charge in [0, 0.05) is 13.7 Å². The first-order chi connectivity index (χ1) is 8.20. The number of ether oxygens (including phenoxy) is 1. The molecule has 17 heavy (non-hydrogen) atoms. The zero-order valence-corrected chi connectivity index (χ0v) is 9.81. The fourth-order valence-corrected chi connectivity index (χ4v) is 1.69. The van der Waals surface area contributed by atoms with Crippen LogP contribution in [0.1, 0.15) is 24.7 Å². The number of rotatable bonds is 5. The lowest BCUT2D eigenvalue weighted by molar-refractivity contribution is 0.190. The molecule has 2 rings (SSSR count). The maximum atomic E-state index is 6.03. The molecule has 0 radical (unpaired) electrons. The van der Waals surface area contributed by atoms with Gasteiger partial charge in [-0.05, 0) is 25.0 Å². The van der Waals surface area contributed by atoms with E-state index in [0.29, 0.717) is 18.1 Å². The highest BCUT2D eigenvalue weighted by molar-refractivity contribution is 5.72. The van der Waals surface area contributed by atoms with Gasteiger partial charge in [0.1, 0.15) is 11.6 Å². The van der Waals surface area contributed by atoms with Crippen molar-refractivity contribution in [1.29, 1.82) is 0 Å². The highest BCUT2D eigenvalue weighted by Gasteiger charge is 2.11. The summed E-state index contributed by atoms with van der Waals surface area (Å²) in [4.78, 5) is 11.6. The molecular formula is C11H17N5O. The standard InChI is InChI=1S/C11H17N5O/c1-17-6-2-3-7(12)10-14-8-4-5-9(13)15-11(8)16-10/h4-5,7H,2-3,6,12H2,1H3,(H3,13,14,15,16). The van der Waals surface area contributed by atoms with Gasteiger partial charge in [0.15, 0.2) is 5.65 Å². The van der Waals surface area contributed by atoms with Gasteiger partial charge in [0.25, 0.3) is 0 Å². The number of aromatic nitrogens is 3. The van der Waals surface area contributed by atoms with Gasteiger partial charge in [-0.1, -0.05) is 0 Å². The monoisotopic (exact) mass is 235 g/mol. The van der Waals surface area contributed by atoms with E-state index in [9.17, 15) is 0 Å². The maximum Gasteiger partial charge on any atom is 0.179 e. The number of fused-ring (bicyclic) bond motifs is 1. The van der Waals surface area contributed by atoms with Crippen molar-refractivity contribution in [1.82, 2.24) is 15.0 Å². The molecule has 2 heterocycles. The quantitative estimate of drug-likeness (QED) is 0.670. The predicted octanol–water partition coefficient (Wildman–Crippen LogP) is 0.967. The van der Waals surface area contributed by atoms with E-state index in [1.54, 1.807) is 13.2 Å². The van der Waals surface area contributed by atoms with Crippen molar-refractivity contribution >= 4 is 17.0 Å². The number of imidazole rings is 1. The number of nitrogens with zero attached hydrogens (tertiary/aromatic N) is 2. The molecule has 6 heteroatoms. The molecule has 0 aliphatic rings. The van der Waals surface area contributed by atoms with Gasteiger partial charge in [-0.3, -0.25) is 0 Å². The van der Waals surface area contributed by atoms with Crippen LogP contribution in [0.4, 0.5) is 5.82 Å². The molecule has 0 saturated carbocycles. The smallest absolute Gasteiger partial charge is 0.179 e. The van der Waals surface area contributed by atoms with Gasteiger partial charge in [0.05, 0.1) is 11.6 Å². The summed E-state index contributed by atoms with van der Waals surface area (Å²) in [6.07, 6.45) is 1.73. The van der Waals surface area contributed by atoms with Crippen LogP contribution >= 0.6 is 0 Å². The Bertz CT molecular complexity index is 496. The summed E-state index contributed by atoms with van der Waals surface area (Å²) < 4.78 is 4.99. The number of nitrogens with two attached hydrogens (primary N) is 2. The third kappa shape index (κ3) is 2.72. The largest absolute Gasteiger partial charge is 0.385 e. The Hall–Kier alpha value is -1.66. The Morgan fingerprint density at radius 1 is 1.41 bits per heavy atom. The number of nitrogens with one attached hydrogen (secondary N) is 1. The Morgan fingerprint density at radius 2 is 2.24 bits per heavy atom. The molecule has 2 aromatic rings. The van der Waals surface area contributed by atoms with Crippen LogP contribution in [-0.2, 0) is 4.74 Å². The summed E-state index contributed by atoms with van der Waals surface area (Å²) in [7, 11) is 1.68. The Labute approximate surface area is 99.4 Å². The van der Waals surface area contributed by atoms with Crippen molar-refractivity contribution in [3.05, 3.63) is 18.0 Å². The SMILES string of the molecule is COCCCC(N)c1nc2nc(N)ccc2[nH]1. The number of nitrogen functional groups attached to an aromatic ring is 1. The van der Waals surface area contributed by atoms with Crippen LogP contribution in [0.5, 0.6) is 0 Å². The lowest BCUT2D eigenvalue weighted by Gasteiger charge is -2.07. The molecule has 0 aromatic carbocycles. The zero-order valence-electron chi connectivity index (χ0n) is 9.81. The second-order valence-electron chi connectivity index (χ2n) is 3.97. The predicted molar refractivity (Wildman–Crippen MR) is 66.3 cm³/mol. The number of aromatic amines is 1. The second-order valence-corrected chi connectivity index (χ2v) is 3.97. The molecular weight excluding hydrogens is 218 g/mol. The first-order valence-electron chi connectivity index (χ1n) is 5.57. The number of hydrogen-bond donors (Lipinski definition) is 3. The van der Waals surface area contributed by atoms with E-state index in [1.807, 2.05) is 6.07 Å². The molecule has 1 unspecified atom stereocenters. The molecule has 0 aliphatic carbocycles. The van der Waals surface area contributed by atoms with Gasteiger partial charge < -0.3 is 21.2 Å². The molecule has 0 aliphatic heterocycles. The van der Waals surface area contributed by atoms with Crippen molar-refractivity contribution in [2.45, 2.75) is 18.9 Å². The van der Waals surface area contributed by atoms with Gasteiger partial charge in [0.2, 0.25) is 0 Å². The maximum absolute atomic E-state index is 6.03. The Balaban J connectivity index is 2.12.